The molecule has 122 valence electrons. The van der Waals surface area contributed by atoms with Gasteiger partial charge in [-0.25, -0.2) is 4.98 Å². The fourth-order valence-electron chi connectivity index (χ4n) is 4.05. The predicted molar refractivity (Wildman–Crippen MR) is 88.3 cm³/mol. The van der Waals surface area contributed by atoms with E-state index in [1.807, 2.05) is 14.0 Å². The Hall–Kier alpha value is -1.40. The maximum absolute atomic E-state index is 10.00. The monoisotopic (exact) mass is 305 g/mol. The maximum Gasteiger partial charge on any atom is 0.224 e. The normalized spacial score (nSPS) is 29.3. The van der Waals surface area contributed by atoms with Crippen LogP contribution in [0.2, 0.25) is 0 Å². The summed E-state index contributed by atoms with van der Waals surface area (Å²) in [5.41, 5.74) is 1.04. The van der Waals surface area contributed by atoms with Crippen molar-refractivity contribution in [1.29, 1.82) is 0 Å². The van der Waals surface area contributed by atoms with Crippen molar-refractivity contribution < 1.29 is 5.11 Å². The van der Waals surface area contributed by atoms with E-state index in [4.69, 9.17) is 0 Å². The molecule has 2 aliphatic rings. The van der Waals surface area contributed by atoms with Gasteiger partial charge >= 0.3 is 0 Å². The molecule has 2 N–H and O–H groups in total. The first-order chi connectivity index (χ1) is 10.6. The molecular weight excluding hydrogens is 278 g/mol. The second kappa shape index (κ2) is 6.01. The first-order valence-corrected chi connectivity index (χ1v) is 8.17. The highest BCUT2D eigenvalue weighted by atomic mass is 16.3. The first-order valence-electron chi connectivity index (χ1n) is 8.17. The third-order valence-corrected chi connectivity index (χ3v) is 5.40. The third-order valence-electron chi connectivity index (χ3n) is 5.40. The van der Waals surface area contributed by atoms with E-state index in [1.165, 1.54) is 6.42 Å². The average molecular weight is 305 g/mol. The number of aliphatic hydroxyl groups excluding tert-OH is 1. The van der Waals surface area contributed by atoms with Gasteiger partial charge in [-0.05, 0) is 39.8 Å². The summed E-state index contributed by atoms with van der Waals surface area (Å²) in [6, 6.07) is 2.45. The van der Waals surface area contributed by atoms with Crippen molar-refractivity contribution >= 4 is 11.8 Å². The Morgan fingerprint density at radius 2 is 2.18 bits per heavy atom. The van der Waals surface area contributed by atoms with E-state index in [0.29, 0.717) is 18.6 Å². The molecule has 0 aliphatic carbocycles. The fraction of sp³-hybridized carbons (Fsp3) is 0.750. The van der Waals surface area contributed by atoms with Gasteiger partial charge in [0.1, 0.15) is 5.82 Å². The summed E-state index contributed by atoms with van der Waals surface area (Å²) in [5.74, 6) is 1.66. The minimum absolute atomic E-state index is 0.0669. The molecule has 6 heteroatoms. The summed E-state index contributed by atoms with van der Waals surface area (Å²) in [7, 11) is 4.03. The number of hydrogen-bond donors (Lipinski definition) is 2. The zero-order valence-electron chi connectivity index (χ0n) is 13.8. The number of aryl methyl sites for hydroxylation is 1. The van der Waals surface area contributed by atoms with Crippen molar-refractivity contribution in [2.75, 3.05) is 50.6 Å². The molecular formula is C16H27N5O. The lowest BCUT2D eigenvalue weighted by atomic mass is 9.69. The molecule has 0 saturated carbocycles. The van der Waals surface area contributed by atoms with E-state index < -0.39 is 0 Å². The zero-order valence-corrected chi connectivity index (χ0v) is 13.8. The third kappa shape index (κ3) is 2.65. The van der Waals surface area contributed by atoms with Gasteiger partial charge < -0.3 is 20.2 Å². The van der Waals surface area contributed by atoms with E-state index in [9.17, 15) is 5.11 Å². The number of nitrogens with zero attached hydrogens (tertiary/aromatic N) is 4. The van der Waals surface area contributed by atoms with E-state index in [0.717, 1.165) is 44.0 Å². The Morgan fingerprint density at radius 1 is 1.36 bits per heavy atom. The van der Waals surface area contributed by atoms with Crippen LogP contribution in [0.4, 0.5) is 11.8 Å². The van der Waals surface area contributed by atoms with Crippen LogP contribution >= 0.6 is 0 Å². The minimum Gasteiger partial charge on any atom is -0.396 e. The highest BCUT2D eigenvalue weighted by molar-refractivity contribution is 5.45. The Bertz CT molecular complexity index is 537. The van der Waals surface area contributed by atoms with Gasteiger partial charge in [0.25, 0.3) is 0 Å². The smallest absolute Gasteiger partial charge is 0.224 e. The van der Waals surface area contributed by atoms with Gasteiger partial charge in [0, 0.05) is 43.4 Å². The Kier molecular flexibility index (Phi) is 4.23. The van der Waals surface area contributed by atoms with Gasteiger partial charge in [0.15, 0.2) is 0 Å². The van der Waals surface area contributed by atoms with Crippen LogP contribution in [0.15, 0.2) is 6.07 Å². The SMILES string of the molecule is CNc1nc(C)cc(N2CC[C@@]3(CO)CCCN(C)[C@@H]3C2)n1. The highest BCUT2D eigenvalue weighted by Gasteiger charge is 2.46. The van der Waals surface area contributed by atoms with Crippen LogP contribution in [0, 0.1) is 12.3 Å². The maximum atomic E-state index is 10.00. The number of aliphatic hydroxyl groups is 1. The molecule has 2 saturated heterocycles. The van der Waals surface area contributed by atoms with Crippen LogP contribution in [-0.4, -0.2) is 66.4 Å². The van der Waals surface area contributed by atoms with Crippen molar-refractivity contribution in [3.63, 3.8) is 0 Å². The van der Waals surface area contributed by atoms with Gasteiger partial charge in [-0.2, -0.15) is 4.98 Å². The number of piperidine rings is 2. The summed E-state index contributed by atoms with van der Waals surface area (Å²) in [6.45, 7) is 5.28. The zero-order chi connectivity index (χ0) is 15.7. The van der Waals surface area contributed by atoms with Crippen LogP contribution in [0.25, 0.3) is 0 Å². The summed E-state index contributed by atoms with van der Waals surface area (Å²) >= 11 is 0. The van der Waals surface area contributed by atoms with E-state index in [2.05, 4.69) is 38.2 Å². The molecule has 2 fully saturated rings. The van der Waals surface area contributed by atoms with Crippen molar-refractivity contribution in [3.8, 4) is 0 Å². The highest BCUT2D eigenvalue weighted by Crippen LogP contribution is 2.42. The van der Waals surface area contributed by atoms with E-state index >= 15 is 0 Å². The van der Waals surface area contributed by atoms with E-state index in [-0.39, 0.29) is 5.41 Å². The van der Waals surface area contributed by atoms with Gasteiger partial charge in [0.2, 0.25) is 5.95 Å². The number of rotatable bonds is 3. The molecule has 0 spiro atoms. The molecule has 6 nitrogen and oxygen atoms in total. The molecule has 2 atom stereocenters. The predicted octanol–water partition coefficient (Wildman–Crippen LogP) is 1.11. The topological polar surface area (TPSA) is 64.5 Å². The molecule has 1 aromatic rings. The Labute approximate surface area is 132 Å². The van der Waals surface area contributed by atoms with Crippen LogP contribution in [-0.2, 0) is 0 Å². The van der Waals surface area contributed by atoms with Crippen molar-refractivity contribution in [1.82, 2.24) is 14.9 Å². The molecule has 1 aromatic heterocycles. The van der Waals surface area contributed by atoms with Crippen LogP contribution < -0.4 is 10.2 Å². The van der Waals surface area contributed by atoms with Crippen molar-refractivity contribution in [2.45, 2.75) is 32.2 Å². The lowest BCUT2D eigenvalue weighted by Crippen LogP contribution is -2.61. The number of anilines is 2. The van der Waals surface area contributed by atoms with Gasteiger partial charge in [0.05, 0.1) is 6.61 Å². The van der Waals surface area contributed by atoms with Gasteiger partial charge in [-0.3, -0.25) is 0 Å². The number of hydrogen-bond acceptors (Lipinski definition) is 6. The second-order valence-corrected chi connectivity index (χ2v) is 6.76. The number of likely N-dealkylation sites (tertiary alicyclic amines) is 1. The van der Waals surface area contributed by atoms with Crippen LogP contribution in [0.1, 0.15) is 25.0 Å². The second-order valence-electron chi connectivity index (χ2n) is 6.76. The summed E-state index contributed by atoms with van der Waals surface area (Å²) in [5, 5.41) is 13.0. The molecule has 3 rings (SSSR count). The first kappa shape index (κ1) is 15.5. The molecule has 0 aromatic carbocycles. The Balaban J connectivity index is 1.85. The quantitative estimate of drug-likeness (QED) is 0.872. The average Bonchev–Trinajstić information content (AvgIpc) is 2.54. The van der Waals surface area contributed by atoms with E-state index in [1.54, 1.807) is 0 Å². The van der Waals surface area contributed by atoms with Gasteiger partial charge in [-0.1, -0.05) is 0 Å². The fourth-order valence-corrected chi connectivity index (χ4v) is 4.05. The standard InChI is InChI=1S/C16H27N5O/c1-12-9-14(19-15(17-2)18-12)21-8-6-16(11-22)5-4-7-20(3)13(16)10-21/h9,13,22H,4-8,10-11H2,1-3H3,(H,17,18,19)/t13-,16-/m1/s1. The van der Waals surface area contributed by atoms with Crippen molar-refractivity contribution in [3.05, 3.63) is 11.8 Å². The lowest BCUT2D eigenvalue weighted by Gasteiger charge is -2.53. The molecule has 22 heavy (non-hydrogen) atoms. The van der Waals surface area contributed by atoms with Gasteiger partial charge in [-0.15, -0.1) is 0 Å². The molecule has 0 amide bonds. The molecule has 0 radical (unpaired) electrons. The number of aromatic nitrogens is 2. The minimum atomic E-state index is 0.0669. The Morgan fingerprint density at radius 3 is 2.91 bits per heavy atom. The number of fused-ring (bicyclic) bond motifs is 1. The number of likely N-dealkylation sites (N-methyl/N-ethyl adjacent to an activating group) is 1. The summed E-state index contributed by atoms with van der Waals surface area (Å²) in [6.07, 6.45) is 3.34. The van der Waals surface area contributed by atoms with Crippen molar-refractivity contribution in [2.24, 2.45) is 5.41 Å². The number of nitrogens with one attached hydrogen (secondary N) is 1. The molecule has 3 heterocycles. The summed E-state index contributed by atoms with van der Waals surface area (Å²) < 4.78 is 0. The summed E-state index contributed by atoms with van der Waals surface area (Å²) in [4.78, 5) is 13.7. The lowest BCUT2D eigenvalue weighted by molar-refractivity contribution is -0.0277. The van der Waals surface area contributed by atoms with Crippen LogP contribution in [0.3, 0.4) is 0 Å². The largest absolute Gasteiger partial charge is 0.396 e. The molecule has 0 unspecified atom stereocenters. The van der Waals surface area contributed by atoms with Crippen LogP contribution in [0.5, 0.6) is 0 Å². The molecule has 0 bridgehead atoms. The molecule has 2 aliphatic heterocycles.